The maximum absolute atomic E-state index is 12.3. The quantitative estimate of drug-likeness (QED) is 0.488. The van der Waals surface area contributed by atoms with Crippen molar-refractivity contribution in [3.8, 4) is 0 Å². The van der Waals surface area contributed by atoms with Crippen molar-refractivity contribution in [3.05, 3.63) is 59.2 Å². The van der Waals surface area contributed by atoms with Gasteiger partial charge in [-0.25, -0.2) is 4.57 Å². The molecule has 0 radical (unpaired) electrons. The Morgan fingerprint density at radius 3 is 2.57 bits per heavy atom. The summed E-state index contributed by atoms with van der Waals surface area (Å²) in [5, 5.41) is 0.612. The summed E-state index contributed by atoms with van der Waals surface area (Å²) in [6.07, 6.45) is 1.83. The van der Waals surface area contributed by atoms with E-state index in [0.717, 1.165) is 11.0 Å². The smallest absolute Gasteiger partial charge is 0.273 e. The average Bonchev–Trinajstić information content (AvgIpc) is 2.91. The van der Waals surface area contributed by atoms with E-state index in [1.807, 2.05) is 18.3 Å². The highest BCUT2D eigenvalue weighted by Crippen LogP contribution is 2.12. The van der Waals surface area contributed by atoms with Crippen LogP contribution >= 0.6 is 11.6 Å². The molecule has 3 aromatic rings. The number of carbonyl (C=O) groups is 1. The van der Waals surface area contributed by atoms with Crippen LogP contribution in [0.2, 0.25) is 5.02 Å². The number of anilines is 1. The summed E-state index contributed by atoms with van der Waals surface area (Å²) in [5.74, 6) is 0.548. The van der Waals surface area contributed by atoms with Crippen LogP contribution in [0, 0.1) is 0 Å². The van der Waals surface area contributed by atoms with Crippen LogP contribution in [0.5, 0.6) is 0 Å². The zero-order valence-corrected chi connectivity index (χ0v) is 13.4. The summed E-state index contributed by atoms with van der Waals surface area (Å²) < 4.78 is 1.79. The lowest BCUT2D eigenvalue weighted by molar-refractivity contribution is -0.642. The van der Waals surface area contributed by atoms with E-state index in [1.165, 1.54) is 0 Å². The molecule has 1 aromatic carbocycles. The topological polar surface area (TPSA) is 62.8 Å². The summed E-state index contributed by atoms with van der Waals surface area (Å²) in [6, 6.07) is 12.4. The van der Waals surface area contributed by atoms with Crippen LogP contribution in [-0.4, -0.2) is 10.8 Å². The van der Waals surface area contributed by atoms with E-state index in [4.69, 9.17) is 17.3 Å². The molecule has 21 heavy (non-hydrogen) atoms. The first-order chi connectivity index (χ1) is 9.65. The van der Waals surface area contributed by atoms with Gasteiger partial charge < -0.3 is 22.0 Å². The van der Waals surface area contributed by atoms with E-state index in [2.05, 4.69) is 4.98 Å². The number of nitrogens with two attached hydrogens (primary N) is 1. The lowest BCUT2D eigenvalue weighted by Crippen LogP contribution is -3.00. The van der Waals surface area contributed by atoms with Crippen molar-refractivity contribution in [2.75, 3.05) is 5.73 Å². The number of ketones is 1. The number of fused-ring (bicyclic) bond motifs is 1. The van der Waals surface area contributed by atoms with Crippen LogP contribution in [0.15, 0.2) is 48.7 Å². The normalized spacial score (nSPS) is 10.3. The van der Waals surface area contributed by atoms with Crippen molar-refractivity contribution in [2.24, 2.45) is 0 Å². The Labute approximate surface area is 137 Å². The Balaban J connectivity index is 0.00000161. The zero-order valence-electron chi connectivity index (χ0n) is 11.0. The van der Waals surface area contributed by atoms with Crippen molar-refractivity contribution < 1.29 is 26.3 Å². The molecule has 0 spiro atoms. The number of nitrogens with one attached hydrogen (secondary N) is 1. The molecule has 0 atom stereocenters. The second-order valence-corrected chi connectivity index (χ2v) is 4.99. The molecule has 6 heteroatoms. The third kappa shape index (κ3) is 3.09. The van der Waals surface area contributed by atoms with E-state index in [0.29, 0.717) is 16.4 Å². The van der Waals surface area contributed by atoms with E-state index in [1.54, 1.807) is 34.9 Å². The van der Waals surface area contributed by atoms with Crippen molar-refractivity contribution in [1.29, 1.82) is 0 Å². The van der Waals surface area contributed by atoms with Gasteiger partial charge in [0.15, 0.2) is 12.1 Å². The number of hydrogen-bond donors (Lipinski definition) is 2. The molecule has 0 saturated carbocycles. The Bertz CT molecular complexity index is 783. The van der Waals surface area contributed by atoms with Gasteiger partial charge in [-0.3, -0.25) is 10.5 Å². The van der Waals surface area contributed by atoms with Gasteiger partial charge in [0, 0.05) is 28.9 Å². The summed E-state index contributed by atoms with van der Waals surface area (Å²) >= 11 is 5.82. The molecular formula is C15H13BrClN3O. The number of aromatic nitrogens is 2. The fourth-order valence-electron chi connectivity index (χ4n) is 2.19. The van der Waals surface area contributed by atoms with Gasteiger partial charge in [-0.1, -0.05) is 11.6 Å². The summed E-state index contributed by atoms with van der Waals surface area (Å²) in [6.45, 7) is 0.197. The molecule has 3 N–H and O–H groups in total. The number of hydrogen-bond acceptors (Lipinski definition) is 2. The van der Waals surface area contributed by atoms with Crippen molar-refractivity contribution in [3.63, 3.8) is 0 Å². The lowest BCUT2D eigenvalue weighted by Gasteiger charge is -2.05. The molecule has 0 aliphatic carbocycles. The summed E-state index contributed by atoms with van der Waals surface area (Å²) in [5.41, 5.74) is 8.45. The number of benzene rings is 1. The first-order valence-electron chi connectivity index (χ1n) is 6.19. The Morgan fingerprint density at radius 1 is 1.14 bits per heavy atom. The highest BCUT2D eigenvalue weighted by Gasteiger charge is 2.16. The molecule has 0 unspecified atom stereocenters. The molecule has 0 aliphatic rings. The van der Waals surface area contributed by atoms with Crippen molar-refractivity contribution in [2.45, 2.75) is 6.54 Å². The van der Waals surface area contributed by atoms with E-state index in [9.17, 15) is 4.79 Å². The maximum atomic E-state index is 12.3. The summed E-state index contributed by atoms with van der Waals surface area (Å²) in [7, 11) is 0. The predicted molar refractivity (Wildman–Crippen MR) is 78.7 cm³/mol. The minimum Gasteiger partial charge on any atom is -1.00 e. The van der Waals surface area contributed by atoms with Crippen LogP contribution in [0.4, 0.5) is 5.82 Å². The van der Waals surface area contributed by atoms with E-state index < -0.39 is 0 Å². The summed E-state index contributed by atoms with van der Waals surface area (Å²) in [4.78, 5) is 15.4. The first-order valence-corrected chi connectivity index (χ1v) is 6.57. The van der Waals surface area contributed by atoms with Gasteiger partial charge in [0.25, 0.3) is 5.82 Å². The van der Waals surface area contributed by atoms with E-state index >= 15 is 0 Å². The second kappa shape index (κ2) is 6.28. The van der Waals surface area contributed by atoms with Gasteiger partial charge >= 0.3 is 0 Å². The van der Waals surface area contributed by atoms with Crippen LogP contribution in [0.25, 0.3) is 11.0 Å². The van der Waals surface area contributed by atoms with Crippen molar-refractivity contribution in [1.82, 2.24) is 4.98 Å². The molecule has 3 rings (SSSR count). The Morgan fingerprint density at radius 2 is 1.86 bits per heavy atom. The number of H-pyrrole nitrogens is 1. The molecule has 0 fully saturated rings. The zero-order chi connectivity index (χ0) is 14.1. The molecule has 4 nitrogen and oxygen atoms in total. The van der Waals surface area contributed by atoms with Crippen molar-refractivity contribution >= 4 is 34.2 Å². The average molecular weight is 367 g/mol. The number of aromatic amines is 1. The van der Waals surface area contributed by atoms with Crippen LogP contribution in [-0.2, 0) is 6.54 Å². The molecule has 0 amide bonds. The van der Waals surface area contributed by atoms with Gasteiger partial charge in [-0.05, 0) is 30.3 Å². The largest absolute Gasteiger partial charge is 1.00 e. The molecule has 2 aromatic heterocycles. The number of rotatable bonds is 3. The standard InChI is InChI=1S/C15H12ClN3O.BrH/c16-11-3-1-10(2-4-11)14(20)9-19-13-7-8-18-12(13)5-6-15(19)17;/h1-8H,9H2,(H2,17,18);1H. The third-order valence-corrected chi connectivity index (χ3v) is 3.50. The minimum absolute atomic E-state index is 0. The Kier molecular flexibility index (Phi) is 4.65. The molecule has 2 heterocycles. The van der Waals surface area contributed by atoms with Gasteiger partial charge in [0.2, 0.25) is 5.78 Å². The fraction of sp³-hybridized carbons (Fsp3) is 0.0667. The van der Waals surface area contributed by atoms with Crippen LogP contribution in [0.1, 0.15) is 10.4 Å². The number of pyridine rings is 1. The lowest BCUT2D eigenvalue weighted by atomic mass is 10.1. The fourth-order valence-corrected chi connectivity index (χ4v) is 2.31. The Hall–Kier alpha value is -1.85. The molecular weight excluding hydrogens is 354 g/mol. The number of halogens is 2. The monoisotopic (exact) mass is 365 g/mol. The van der Waals surface area contributed by atoms with Gasteiger partial charge in [-0.2, -0.15) is 0 Å². The molecule has 0 aliphatic heterocycles. The van der Waals surface area contributed by atoms with Crippen LogP contribution < -0.4 is 27.3 Å². The highest BCUT2D eigenvalue weighted by atomic mass is 79.9. The van der Waals surface area contributed by atoms with Crippen LogP contribution in [0.3, 0.4) is 0 Å². The van der Waals surface area contributed by atoms with E-state index in [-0.39, 0.29) is 29.3 Å². The first kappa shape index (κ1) is 15.5. The van der Waals surface area contributed by atoms with Gasteiger partial charge in [0.1, 0.15) is 0 Å². The third-order valence-electron chi connectivity index (χ3n) is 3.25. The SMILES string of the molecule is Nc1ccc2[nH]ccc2[n+]1CC(=O)c1ccc(Cl)cc1.[Br-]. The second-order valence-electron chi connectivity index (χ2n) is 4.55. The van der Waals surface area contributed by atoms with Gasteiger partial charge in [-0.15, -0.1) is 0 Å². The number of nitrogens with zero attached hydrogens (tertiary/aromatic N) is 1. The number of Topliss-reactive ketones (excluding diaryl/α,β-unsaturated/α-hetero) is 1. The number of nitrogen functional groups attached to an aromatic ring is 1. The predicted octanol–water partition coefficient (Wildman–Crippen LogP) is -0.422. The maximum Gasteiger partial charge on any atom is 0.273 e. The minimum atomic E-state index is -0.00735. The number of carbonyl (C=O) groups excluding carboxylic acids is 1. The molecule has 0 saturated heterocycles. The molecule has 108 valence electrons. The van der Waals surface area contributed by atoms with Gasteiger partial charge in [0.05, 0.1) is 5.52 Å². The molecule has 0 bridgehead atoms. The highest BCUT2D eigenvalue weighted by molar-refractivity contribution is 6.30.